The Bertz CT molecular complexity index is 580. The van der Waals surface area contributed by atoms with Crippen molar-refractivity contribution in [2.45, 2.75) is 32.4 Å². The number of nitrogens with one attached hydrogen (secondary N) is 1. The molecule has 2 atom stereocenters. The Morgan fingerprint density at radius 3 is 2.71 bits per heavy atom. The van der Waals surface area contributed by atoms with Crippen molar-refractivity contribution >= 4 is 35.8 Å². The normalized spacial score (nSPS) is 20.8. The van der Waals surface area contributed by atoms with Gasteiger partial charge < -0.3 is 16.0 Å². The second-order valence-corrected chi connectivity index (χ2v) is 6.28. The molecule has 0 radical (unpaired) electrons. The number of amides is 2. The third-order valence-electron chi connectivity index (χ3n) is 4.10. The van der Waals surface area contributed by atoms with Crippen molar-refractivity contribution in [2.24, 2.45) is 11.7 Å². The SMILES string of the molecule is CC(=O)N1C[C@@H](N)CC[C@@H](C(=O)NCc2c(F)cccc2Cl)C1.Cl. The average molecular weight is 378 g/mol. The van der Waals surface area contributed by atoms with Gasteiger partial charge >= 0.3 is 0 Å². The lowest BCUT2D eigenvalue weighted by Crippen LogP contribution is -2.42. The van der Waals surface area contributed by atoms with E-state index in [2.05, 4.69) is 5.32 Å². The lowest BCUT2D eigenvalue weighted by molar-refractivity contribution is -0.131. The predicted molar refractivity (Wildman–Crippen MR) is 93.5 cm³/mol. The van der Waals surface area contributed by atoms with Crippen LogP contribution in [-0.4, -0.2) is 35.8 Å². The second kappa shape index (κ2) is 9.20. The molecule has 1 fully saturated rings. The molecule has 1 aliphatic rings. The highest BCUT2D eigenvalue weighted by Crippen LogP contribution is 2.20. The van der Waals surface area contributed by atoms with Gasteiger partial charge in [0.2, 0.25) is 11.8 Å². The molecule has 1 aromatic rings. The van der Waals surface area contributed by atoms with Gasteiger partial charge in [0, 0.05) is 43.2 Å². The van der Waals surface area contributed by atoms with Crippen molar-refractivity contribution < 1.29 is 14.0 Å². The standard InChI is InChI=1S/C16H21ClFN3O2.ClH/c1-10(22)21-8-11(5-6-12(19)9-21)16(23)20-7-13-14(17)3-2-4-15(13)18;/h2-4,11-12H,5-9,19H2,1H3,(H,20,23);1H/t11-,12+;/m1./s1. The Hall–Kier alpha value is -1.37. The van der Waals surface area contributed by atoms with E-state index in [1.165, 1.54) is 19.1 Å². The van der Waals surface area contributed by atoms with E-state index < -0.39 is 5.82 Å². The van der Waals surface area contributed by atoms with Crippen LogP contribution in [0.15, 0.2) is 18.2 Å². The largest absolute Gasteiger partial charge is 0.352 e. The number of nitrogens with two attached hydrogens (primary N) is 1. The summed E-state index contributed by atoms with van der Waals surface area (Å²) in [6.45, 7) is 2.28. The Morgan fingerprint density at radius 2 is 2.08 bits per heavy atom. The zero-order chi connectivity index (χ0) is 17.0. The summed E-state index contributed by atoms with van der Waals surface area (Å²) in [4.78, 5) is 25.6. The minimum Gasteiger partial charge on any atom is -0.352 e. The highest BCUT2D eigenvalue weighted by molar-refractivity contribution is 6.31. The molecule has 3 N–H and O–H groups in total. The van der Waals surface area contributed by atoms with Crippen molar-refractivity contribution in [1.82, 2.24) is 10.2 Å². The molecule has 1 heterocycles. The van der Waals surface area contributed by atoms with Crippen molar-refractivity contribution in [3.05, 3.63) is 34.6 Å². The number of likely N-dealkylation sites (tertiary alicyclic amines) is 1. The first-order valence-corrected chi connectivity index (χ1v) is 7.98. The first kappa shape index (κ1) is 20.7. The van der Waals surface area contributed by atoms with Crippen LogP contribution in [0.4, 0.5) is 4.39 Å². The van der Waals surface area contributed by atoms with Gasteiger partial charge in [0.15, 0.2) is 0 Å². The molecule has 1 aliphatic heterocycles. The molecule has 2 rings (SSSR count). The number of rotatable bonds is 3. The van der Waals surface area contributed by atoms with Gasteiger partial charge in [-0.3, -0.25) is 9.59 Å². The van der Waals surface area contributed by atoms with E-state index in [9.17, 15) is 14.0 Å². The zero-order valence-electron chi connectivity index (χ0n) is 13.4. The smallest absolute Gasteiger partial charge is 0.225 e. The second-order valence-electron chi connectivity index (χ2n) is 5.88. The minimum absolute atomic E-state index is 0. The fourth-order valence-corrected chi connectivity index (χ4v) is 2.94. The summed E-state index contributed by atoms with van der Waals surface area (Å²) < 4.78 is 13.7. The minimum atomic E-state index is -0.453. The molecule has 0 spiro atoms. The molecular formula is C16H22Cl2FN3O2. The monoisotopic (exact) mass is 377 g/mol. The van der Waals surface area contributed by atoms with Gasteiger partial charge in [-0.15, -0.1) is 12.4 Å². The van der Waals surface area contributed by atoms with E-state index in [4.69, 9.17) is 17.3 Å². The van der Waals surface area contributed by atoms with Crippen LogP contribution in [0, 0.1) is 11.7 Å². The van der Waals surface area contributed by atoms with Crippen LogP contribution in [0.25, 0.3) is 0 Å². The number of nitrogens with zero attached hydrogens (tertiary/aromatic N) is 1. The maximum absolute atomic E-state index is 13.7. The zero-order valence-corrected chi connectivity index (χ0v) is 15.0. The third-order valence-corrected chi connectivity index (χ3v) is 4.45. The molecule has 2 amide bonds. The molecule has 1 saturated heterocycles. The summed E-state index contributed by atoms with van der Waals surface area (Å²) in [6.07, 6.45) is 1.27. The van der Waals surface area contributed by atoms with Crippen LogP contribution in [0.5, 0.6) is 0 Å². The molecule has 0 saturated carbocycles. The Morgan fingerprint density at radius 1 is 1.38 bits per heavy atom. The number of carbonyl (C=O) groups is 2. The summed E-state index contributed by atoms with van der Waals surface area (Å²) in [6, 6.07) is 4.27. The van der Waals surface area contributed by atoms with Crippen molar-refractivity contribution in [3.63, 3.8) is 0 Å². The first-order chi connectivity index (χ1) is 10.9. The van der Waals surface area contributed by atoms with Crippen LogP contribution >= 0.6 is 24.0 Å². The maximum atomic E-state index is 13.7. The maximum Gasteiger partial charge on any atom is 0.225 e. The van der Waals surface area contributed by atoms with Crippen LogP contribution < -0.4 is 11.1 Å². The summed E-state index contributed by atoms with van der Waals surface area (Å²) in [5, 5.41) is 2.99. The summed E-state index contributed by atoms with van der Waals surface area (Å²) in [5.74, 6) is -1.12. The highest BCUT2D eigenvalue weighted by Gasteiger charge is 2.28. The molecule has 0 bridgehead atoms. The van der Waals surface area contributed by atoms with Gasteiger partial charge in [-0.2, -0.15) is 0 Å². The fraction of sp³-hybridized carbons (Fsp3) is 0.500. The Kier molecular flexibility index (Phi) is 7.93. The Labute approximate surface area is 152 Å². The lowest BCUT2D eigenvalue weighted by atomic mass is 10.0. The lowest BCUT2D eigenvalue weighted by Gasteiger charge is -2.23. The van der Waals surface area contributed by atoms with Crippen molar-refractivity contribution in [3.8, 4) is 0 Å². The number of hydrogen-bond donors (Lipinski definition) is 2. The van der Waals surface area contributed by atoms with E-state index in [-0.39, 0.29) is 53.3 Å². The van der Waals surface area contributed by atoms with Crippen LogP contribution in [0.2, 0.25) is 5.02 Å². The van der Waals surface area contributed by atoms with Crippen LogP contribution in [0.3, 0.4) is 0 Å². The number of carbonyl (C=O) groups excluding carboxylic acids is 2. The van der Waals surface area contributed by atoms with Crippen LogP contribution in [0.1, 0.15) is 25.3 Å². The number of halogens is 3. The van der Waals surface area contributed by atoms with E-state index in [1.807, 2.05) is 0 Å². The van der Waals surface area contributed by atoms with E-state index >= 15 is 0 Å². The van der Waals surface area contributed by atoms with Gasteiger partial charge in [0.25, 0.3) is 0 Å². The van der Waals surface area contributed by atoms with Gasteiger partial charge in [-0.25, -0.2) is 4.39 Å². The van der Waals surface area contributed by atoms with Gasteiger partial charge in [-0.1, -0.05) is 17.7 Å². The summed E-state index contributed by atoms with van der Waals surface area (Å²) >= 11 is 5.95. The van der Waals surface area contributed by atoms with Gasteiger partial charge in [0.1, 0.15) is 5.82 Å². The molecule has 24 heavy (non-hydrogen) atoms. The fourth-order valence-electron chi connectivity index (χ4n) is 2.71. The van der Waals surface area contributed by atoms with E-state index in [0.29, 0.717) is 25.9 Å². The molecule has 0 aliphatic carbocycles. The topological polar surface area (TPSA) is 75.4 Å². The van der Waals surface area contributed by atoms with E-state index in [0.717, 1.165) is 0 Å². The number of benzene rings is 1. The number of hydrogen-bond acceptors (Lipinski definition) is 3. The van der Waals surface area contributed by atoms with Crippen LogP contribution in [-0.2, 0) is 16.1 Å². The molecule has 5 nitrogen and oxygen atoms in total. The summed E-state index contributed by atoms with van der Waals surface area (Å²) in [7, 11) is 0. The first-order valence-electron chi connectivity index (χ1n) is 7.60. The summed E-state index contributed by atoms with van der Waals surface area (Å²) in [5.41, 5.74) is 6.20. The van der Waals surface area contributed by atoms with Crippen molar-refractivity contribution in [1.29, 1.82) is 0 Å². The molecule has 134 valence electrons. The Balaban J connectivity index is 0.00000288. The average Bonchev–Trinajstić information content (AvgIpc) is 2.68. The van der Waals surface area contributed by atoms with Crippen molar-refractivity contribution in [2.75, 3.05) is 13.1 Å². The van der Waals surface area contributed by atoms with Gasteiger partial charge in [0.05, 0.1) is 5.92 Å². The quantitative estimate of drug-likeness (QED) is 0.846. The molecule has 0 aromatic heterocycles. The predicted octanol–water partition coefficient (Wildman–Crippen LogP) is 2.10. The molecule has 0 unspecified atom stereocenters. The molecule has 8 heteroatoms. The van der Waals surface area contributed by atoms with E-state index in [1.54, 1.807) is 11.0 Å². The third kappa shape index (κ3) is 5.33. The highest BCUT2D eigenvalue weighted by atomic mass is 35.5. The molecular weight excluding hydrogens is 356 g/mol. The molecule has 1 aromatic carbocycles. The van der Waals surface area contributed by atoms with Gasteiger partial charge in [-0.05, 0) is 25.0 Å².